The van der Waals surface area contributed by atoms with Gasteiger partial charge in [0.15, 0.2) is 0 Å². The van der Waals surface area contributed by atoms with Crippen LogP contribution >= 0.6 is 0 Å². The predicted octanol–water partition coefficient (Wildman–Crippen LogP) is 3.80. The number of nitrogens with zero attached hydrogens (tertiary/aromatic N) is 1. The summed E-state index contributed by atoms with van der Waals surface area (Å²) in [6, 6.07) is 16.5. The highest BCUT2D eigenvalue weighted by Gasteiger charge is 2.11. The number of amides is 1. The number of nitrogens with one attached hydrogen (secondary N) is 1. The lowest BCUT2D eigenvalue weighted by Crippen LogP contribution is -2.23. The average Bonchev–Trinajstić information content (AvgIpc) is 3.30. The van der Waals surface area contributed by atoms with Gasteiger partial charge in [0, 0.05) is 37.3 Å². The Labute approximate surface area is 153 Å². The number of benzene rings is 2. The number of hydrogen-bond acceptors (Lipinski definition) is 2. The van der Waals surface area contributed by atoms with Gasteiger partial charge in [-0.05, 0) is 53.3 Å². The maximum absolute atomic E-state index is 12.0. The summed E-state index contributed by atoms with van der Waals surface area (Å²) in [7, 11) is 0. The van der Waals surface area contributed by atoms with Crippen LogP contribution in [0.1, 0.15) is 17.5 Å². The number of hydrogen-bond donors (Lipinski definition) is 1. The zero-order valence-electron chi connectivity index (χ0n) is 14.7. The number of carbonyl (C=O) groups is 1. The number of ether oxygens (including phenoxy) is 1. The molecule has 132 valence electrons. The van der Waals surface area contributed by atoms with Crippen LogP contribution in [0.25, 0.3) is 17.0 Å². The van der Waals surface area contributed by atoms with Gasteiger partial charge in [-0.25, -0.2) is 0 Å². The minimum absolute atomic E-state index is 0.0564. The van der Waals surface area contributed by atoms with E-state index in [4.69, 9.17) is 4.74 Å². The van der Waals surface area contributed by atoms with E-state index < -0.39 is 0 Å². The van der Waals surface area contributed by atoms with E-state index in [-0.39, 0.29) is 5.91 Å². The van der Waals surface area contributed by atoms with Crippen LogP contribution in [0.2, 0.25) is 0 Å². The topological polar surface area (TPSA) is 43.3 Å². The minimum Gasteiger partial charge on any atom is -0.493 e. The molecule has 0 radical (unpaired) electrons. The Kier molecular flexibility index (Phi) is 4.73. The molecule has 0 aliphatic carbocycles. The van der Waals surface area contributed by atoms with Crippen LogP contribution in [0.15, 0.2) is 60.8 Å². The maximum Gasteiger partial charge on any atom is 0.244 e. The first kappa shape index (κ1) is 16.5. The second kappa shape index (κ2) is 7.48. The molecular weight excluding hydrogens is 324 g/mol. The molecule has 4 nitrogen and oxygen atoms in total. The summed E-state index contributed by atoms with van der Waals surface area (Å²) in [6.07, 6.45) is 7.39. The number of fused-ring (bicyclic) bond motifs is 2. The molecule has 2 aromatic carbocycles. The van der Waals surface area contributed by atoms with E-state index in [2.05, 4.69) is 46.4 Å². The second-order valence-electron chi connectivity index (χ2n) is 6.51. The third-order valence-electron chi connectivity index (χ3n) is 4.70. The van der Waals surface area contributed by atoms with E-state index in [1.54, 1.807) is 6.08 Å². The van der Waals surface area contributed by atoms with Crippen molar-refractivity contribution in [2.24, 2.45) is 0 Å². The van der Waals surface area contributed by atoms with Gasteiger partial charge in [0.25, 0.3) is 0 Å². The van der Waals surface area contributed by atoms with Crippen molar-refractivity contribution < 1.29 is 9.53 Å². The van der Waals surface area contributed by atoms with Crippen molar-refractivity contribution >= 4 is 22.9 Å². The average molecular weight is 346 g/mol. The quantitative estimate of drug-likeness (QED) is 0.545. The Bertz CT molecular complexity index is 956. The van der Waals surface area contributed by atoms with E-state index in [0.29, 0.717) is 6.54 Å². The summed E-state index contributed by atoms with van der Waals surface area (Å²) in [5.41, 5.74) is 3.48. The van der Waals surface area contributed by atoms with Crippen LogP contribution in [0.4, 0.5) is 0 Å². The Morgan fingerprint density at radius 1 is 1.19 bits per heavy atom. The van der Waals surface area contributed by atoms with Gasteiger partial charge in [0.2, 0.25) is 5.91 Å². The Hall–Kier alpha value is -3.01. The lowest BCUT2D eigenvalue weighted by molar-refractivity contribution is -0.116. The first-order valence-electron chi connectivity index (χ1n) is 9.05. The van der Waals surface area contributed by atoms with Crippen molar-refractivity contribution in [1.82, 2.24) is 9.88 Å². The molecule has 4 rings (SSSR count). The molecule has 2 heterocycles. The van der Waals surface area contributed by atoms with Crippen molar-refractivity contribution in [3.05, 3.63) is 71.9 Å². The monoisotopic (exact) mass is 346 g/mol. The zero-order chi connectivity index (χ0) is 17.8. The lowest BCUT2D eigenvalue weighted by Gasteiger charge is -2.06. The number of aryl methyl sites for hydroxylation is 1. The van der Waals surface area contributed by atoms with Crippen molar-refractivity contribution in [3.63, 3.8) is 0 Å². The molecular formula is C22H22N2O2. The molecule has 1 aliphatic rings. The Morgan fingerprint density at radius 2 is 2.12 bits per heavy atom. The fraction of sp³-hybridized carbons (Fsp3) is 0.227. The zero-order valence-corrected chi connectivity index (χ0v) is 14.7. The number of rotatable bonds is 6. The fourth-order valence-electron chi connectivity index (χ4n) is 3.34. The van der Waals surface area contributed by atoms with E-state index >= 15 is 0 Å². The van der Waals surface area contributed by atoms with Crippen LogP contribution in [0, 0.1) is 0 Å². The standard InChI is InChI=1S/C22H22N2O2/c25-22(9-7-17-6-8-21-19(16-17)11-15-26-21)23-12-3-13-24-14-10-18-4-1-2-5-20(18)24/h1-2,4-10,14,16H,3,11-13,15H2,(H,23,25)/b9-7+. The third-order valence-corrected chi connectivity index (χ3v) is 4.70. The second-order valence-corrected chi connectivity index (χ2v) is 6.51. The van der Waals surface area contributed by atoms with Gasteiger partial charge in [-0.3, -0.25) is 4.79 Å². The van der Waals surface area contributed by atoms with E-state index in [1.165, 1.54) is 16.5 Å². The first-order chi connectivity index (χ1) is 12.8. The number of aromatic nitrogens is 1. The number of para-hydroxylation sites is 1. The van der Waals surface area contributed by atoms with Gasteiger partial charge in [-0.2, -0.15) is 0 Å². The highest BCUT2D eigenvalue weighted by Crippen LogP contribution is 2.26. The van der Waals surface area contributed by atoms with Crippen LogP contribution in [-0.4, -0.2) is 23.6 Å². The van der Waals surface area contributed by atoms with Crippen molar-refractivity contribution in [2.45, 2.75) is 19.4 Å². The molecule has 3 aromatic rings. The normalized spacial score (nSPS) is 13.1. The molecule has 0 saturated carbocycles. The van der Waals surface area contributed by atoms with Crippen LogP contribution in [0.3, 0.4) is 0 Å². The van der Waals surface area contributed by atoms with Gasteiger partial charge >= 0.3 is 0 Å². The molecule has 0 spiro atoms. The van der Waals surface area contributed by atoms with E-state index in [0.717, 1.165) is 37.3 Å². The van der Waals surface area contributed by atoms with Crippen molar-refractivity contribution in [3.8, 4) is 5.75 Å². The molecule has 4 heteroatoms. The molecule has 0 unspecified atom stereocenters. The summed E-state index contributed by atoms with van der Waals surface area (Å²) >= 11 is 0. The van der Waals surface area contributed by atoms with Crippen LogP contribution in [-0.2, 0) is 17.8 Å². The molecule has 0 saturated heterocycles. The summed E-state index contributed by atoms with van der Waals surface area (Å²) in [5.74, 6) is 0.906. The summed E-state index contributed by atoms with van der Waals surface area (Å²) < 4.78 is 7.72. The van der Waals surface area contributed by atoms with Crippen molar-refractivity contribution in [1.29, 1.82) is 0 Å². The SMILES string of the molecule is O=C(/C=C/c1ccc2c(c1)CCO2)NCCCn1ccc2ccccc21. The van der Waals surface area contributed by atoms with Gasteiger partial charge in [-0.15, -0.1) is 0 Å². The lowest BCUT2D eigenvalue weighted by atomic mass is 10.1. The third kappa shape index (κ3) is 3.64. The summed E-state index contributed by atoms with van der Waals surface area (Å²) in [4.78, 5) is 12.0. The summed E-state index contributed by atoms with van der Waals surface area (Å²) in [5, 5.41) is 4.20. The first-order valence-corrected chi connectivity index (χ1v) is 9.05. The molecule has 26 heavy (non-hydrogen) atoms. The molecule has 0 bridgehead atoms. The predicted molar refractivity (Wildman–Crippen MR) is 104 cm³/mol. The Morgan fingerprint density at radius 3 is 3.08 bits per heavy atom. The van der Waals surface area contributed by atoms with Gasteiger partial charge < -0.3 is 14.6 Å². The van der Waals surface area contributed by atoms with Gasteiger partial charge in [0.1, 0.15) is 5.75 Å². The molecule has 0 fully saturated rings. The van der Waals surface area contributed by atoms with E-state index in [9.17, 15) is 4.79 Å². The highest BCUT2D eigenvalue weighted by atomic mass is 16.5. The van der Waals surface area contributed by atoms with Crippen LogP contribution in [0.5, 0.6) is 5.75 Å². The molecule has 1 N–H and O–H groups in total. The van der Waals surface area contributed by atoms with Gasteiger partial charge in [-0.1, -0.05) is 24.3 Å². The van der Waals surface area contributed by atoms with Gasteiger partial charge in [0.05, 0.1) is 6.61 Å². The van der Waals surface area contributed by atoms with Crippen molar-refractivity contribution in [2.75, 3.05) is 13.2 Å². The number of carbonyl (C=O) groups excluding carboxylic acids is 1. The van der Waals surface area contributed by atoms with Crippen LogP contribution < -0.4 is 10.1 Å². The molecule has 1 aliphatic heterocycles. The fourth-order valence-corrected chi connectivity index (χ4v) is 3.34. The molecule has 0 atom stereocenters. The van der Waals surface area contributed by atoms with E-state index in [1.807, 2.05) is 24.3 Å². The Balaban J connectivity index is 1.25. The maximum atomic E-state index is 12.0. The molecule has 1 aromatic heterocycles. The minimum atomic E-state index is -0.0564. The summed E-state index contributed by atoms with van der Waals surface area (Å²) in [6.45, 7) is 2.30. The smallest absolute Gasteiger partial charge is 0.244 e. The highest BCUT2D eigenvalue weighted by molar-refractivity contribution is 5.91. The largest absolute Gasteiger partial charge is 0.493 e. The molecule has 1 amide bonds.